The van der Waals surface area contributed by atoms with Crippen LogP contribution in [0.4, 0.5) is 0 Å². The third-order valence-electron chi connectivity index (χ3n) is 5.59. The first kappa shape index (κ1) is 25.1. The van der Waals surface area contributed by atoms with Crippen LogP contribution in [-0.4, -0.2) is 24.7 Å². The molecule has 0 saturated heterocycles. The maximum atomic E-state index is 10.6. The summed E-state index contributed by atoms with van der Waals surface area (Å²) >= 11 is 0. The molecule has 1 aliphatic carbocycles. The first-order valence-corrected chi connectivity index (χ1v) is 13.0. The topological polar surface area (TPSA) is 132 Å². The van der Waals surface area contributed by atoms with E-state index in [1.807, 2.05) is 32.0 Å². The summed E-state index contributed by atoms with van der Waals surface area (Å²) in [6.45, 7) is 3.86. The zero-order chi connectivity index (χ0) is 25.7. The molecule has 2 N–H and O–H groups in total. The quantitative estimate of drug-likeness (QED) is 0.411. The van der Waals surface area contributed by atoms with E-state index in [1.165, 1.54) is 29.7 Å². The predicted molar refractivity (Wildman–Crippen MR) is 135 cm³/mol. The molecular formula is C27H26N4O4S. The number of benzene rings is 3. The van der Waals surface area contributed by atoms with Crippen molar-refractivity contribution in [3.63, 3.8) is 0 Å². The number of ether oxygens (including phenoxy) is 1. The van der Waals surface area contributed by atoms with Crippen LogP contribution in [0, 0.1) is 11.3 Å². The van der Waals surface area contributed by atoms with Crippen LogP contribution in [0.5, 0.6) is 5.75 Å². The number of nitrogens with zero attached hydrogens (tertiary/aromatic N) is 3. The Labute approximate surface area is 210 Å². The molecule has 3 aromatic carbocycles. The standard InChI is InChI=1S/C21H19N3O2.C6H7NO2S/c1-13(2)25-19-10-9-15(11-16(19)12-22)21-23-20(24-26-21)18-8-4-6-14-5-3-7-17(14)18;7-10(8,9)6-4-2-1-3-5-6/h4,6,8-11,13H,3,5,7H2,1-2H3;1-5H,(H2,7,8,9). The zero-order valence-corrected chi connectivity index (χ0v) is 20.8. The predicted octanol–water partition coefficient (Wildman–Crippen LogP) is 4.89. The molecule has 0 aliphatic heterocycles. The second kappa shape index (κ2) is 10.7. The van der Waals surface area contributed by atoms with E-state index < -0.39 is 10.0 Å². The highest BCUT2D eigenvalue weighted by Gasteiger charge is 2.20. The highest BCUT2D eigenvalue weighted by molar-refractivity contribution is 7.89. The minimum Gasteiger partial charge on any atom is -0.490 e. The summed E-state index contributed by atoms with van der Waals surface area (Å²) in [5, 5.41) is 18.4. The molecule has 1 aromatic heterocycles. The smallest absolute Gasteiger partial charge is 0.258 e. The van der Waals surface area contributed by atoms with Crippen LogP contribution in [0.2, 0.25) is 0 Å². The van der Waals surface area contributed by atoms with Crippen molar-refractivity contribution in [3.05, 3.63) is 83.4 Å². The minimum absolute atomic E-state index is 0.00290. The largest absolute Gasteiger partial charge is 0.490 e. The Morgan fingerprint density at radius 2 is 1.83 bits per heavy atom. The van der Waals surface area contributed by atoms with Gasteiger partial charge in [0, 0.05) is 11.1 Å². The summed E-state index contributed by atoms with van der Waals surface area (Å²) < 4.78 is 32.4. The monoisotopic (exact) mass is 502 g/mol. The number of aryl methyl sites for hydroxylation is 1. The van der Waals surface area contributed by atoms with Gasteiger partial charge in [-0.25, -0.2) is 13.6 Å². The van der Waals surface area contributed by atoms with Gasteiger partial charge in [0.2, 0.25) is 15.8 Å². The van der Waals surface area contributed by atoms with Crippen molar-refractivity contribution in [2.75, 3.05) is 0 Å². The van der Waals surface area contributed by atoms with Crippen LogP contribution in [-0.2, 0) is 22.9 Å². The normalized spacial score (nSPS) is 12.4. The molecule has 184 valence electrons. The van der Waals surface area contributed by atoms with Crippen molar-refractivity contribution in [1.29, 1.82) is 5.26 Å². The van der Waals surface area contributed by atoms with Crippen LogP contribution in [0.25, 0.3) is 22.8 Å². The fraction of sp³-hybridized carbons (Fsp3) is 0.222. The van der Waals surface area contributed by atoms with Crippen LogP contribution in [0.3, 0.4) is 0 Å². The summed E-state index contributed by atoms with van der Waals surface area (Å²) in [5.74, 6) is 1.56. The van der Waals surface area contributed by atoms with Gasteiger partial charge in [0.1, 0.15) is 11.8 Å². The molecule has 0 bridgehead atoms. The van der Waals surface area contributed by atoms with Crippen LogP contribution < -0.4 is 9.88 Å². The molecule has 0 amide bonds. The van der Waals surface area contributed by atoms with E-state index >= 15 is 0 Å². The molecule has 8 nitrogen and oxygen atoms in total. The molecule has 36 heavy (non-hydrogen) atoms. The average molecular weight is 503 g/mol. The van der Waals surface area contributed by atoms with Gasteiger partial charge in [0.05, 0.1) is 16.6 Å². The number of sulfonamides is 1. The van der Waals surface area contributed by atoms with Gasteiger partial charge in [0.15, 0.2) is 0 Å². The lowest BCUT2D eigenvalue weighted by atomic mass is 10.0. The van der Waals surface area contributed by atoms with E-state index in [9.17, 15) is 13.7 Å². The Bertz CT molecular complexity index is 1510. The van der Waals surface area contributed by atoms with Crippen molar-refractivity contribution in [3.8, 4) is 34.7 Å². The number of nitriles is 1. The molecule has 0 fully saturated rings. The number of nitrogens with two attached hydrogens (primary N) is 1. The zero-order valence-electron chi connectivity index (χ0n) is 20.0. The van der Waals surface area contributed by atoms with Crippen molar-refractivity contribution in [2.24, 2.45) is 5.14 Å². The van der Waals surface area contributed by atoms with Gasteiger partial charge >= 0.3 is 0 Å². The first-order valence-electron chi connectivity index (χ1n) is 11.5. The van der Waals surface area contributed by atoms with E-state index in [4.69, 9.17) is 14.4 Å². The Morgan fingerprint density at radius 1 is 1.06 bits per heavy atom. The summed E-state index contributed by atoms with van der Waals surface area (Å²) in [4.78, 5) is 4.71. The van der Waals surface area contributed by atoms with Crippen LogP contribution >= 0.6 is 0 Å². The third-order valence-corrected chi connectivity index (χ3v) is 6.52. The van der Waals surface area contributed by atoms with Crippen molar-refractivity contribution < 1.29 is 17.7 Å². The molecule has 1 heterocycles. The molecule has 0 atom stereocenters. The molecule has 5 rings (SSSR count). The fourth-order valence-electron chi connectivity index (χ4n) is 4.00. The Morgan fingerprint density at radius 3 is 2.50 bits per heavy atom. The average Bonchev–Trinajstić information content (AvgIpc) is 3.54. The van der Waals surface area contributed by atoms with Gasteiger partial charge in [-0.05, 0) is 74.6 Å². The van der Waals surface area contributed by atoms with Gasteiger partial charge in [-0.15, -0.1) is 0 Å². The number of rotatable bonds is 5. The van der Waals surface area contributed by atoms with Crippen LogP contribution in [0.15, 0.2) is 76.1 Å². The number of primary sulfonamides is 1. The van der Waals surface area contributed by atoms with Gasteiger partial charge < -0.3 is 9.26 Å². The SMILES string of the molecule is CC(C)Oc1ccc(-c2nc(-c3cccc4c3CCC4)no2)cc1C#N.NS(=O)(=O)c1ccccc1. The molecule has 0 radical (unpaired) electrons. The highest BCUT2D eigenvalue weighted by atomic mass is 32.2. The number of hydrogen-bond donors (Lipinski definition) is 1. The Balaban J connectivity index is 0.000000256. The molecule has 0 saturated carbocycles. The van der Waals surface area contributed by atoms with Gasteiger partial charge in [-0.1, -0.05) is 41.6 Å². The summed E-state index contributed by atoms with van der Waals surface area (Å²) in [6, 6.07) is 21.6. The number of hydrogen-bond acceptors (Lipinski definition) is 7. The van der Waals surface area contributed by atoms with E-state index in [1.54, 1.807) is 30.3 Å². The lowest BCUT2D eigenvalue weighted by molar-refractivity contribution is 0.241. The molecule has 4 aromatic rings. The van der Waals surface area contributed by atoms with E-state index in [0.29, 0.717) is 28.6 Å². The molecular weight excluding hydrogens is 476 g/mol. The molecule has 0 unspecified atom stereocenters. The van der Waals surface area contributed by atoms with Gasteiger partial charge in [0.25, 0.3) is 5.89 Å². The number of fused-ring (bicyclic) bond motifs is 1. The summed E-state index contributed by atoms with van der Waals surface area (Å²) in [7, 11) is -3.50. The lowest BCUT2D eigenvalue weighted by Gasteiger charge is -2.11. The second-order valence-corrected chi connectivity index (χ2v) is 10.1. The minimum atomic E-state index is -3.50. The van der Waals surface area contributed by atoms with Crippen molar-refractivity contribution in [1.82, 2.24) is 10.1 Å². The molecule has 1 aliphatic rings. The third kappa shape index (κ3) is 5.79. The van der Waals surface area contributed by atoms with Crippen LogP contribution in [0.1, 0.15) is 37.0 Å². The number of aromatic nitrogens is 2. The van der Waals surface area contributed by atoms with Crippen molar-refractivity contribution >= 4 is 10.0 Å². The maximum absolute atomic E-state index is 10.6. The first-order chi connectivity index (χ1) is 17.3. The van der Waals surface area contributed by atoms with Crippen molar-refractivity contribution in [2.45, 2.75) is 44.1 Å². The fourth-order valence-corrected chi connectivity index (χ4v) is 4.53. The lowest BCUT2D eigenvalue weighted by Crippen LogP contribution is -2.11. The Kier molecular flexibility index (Phi) is 7.48. The molecule has 9 heteroatoms. The van der Waals surface area contributed by atoms with E-state index in [2.05, 4.69) is 22.3 Å². The Hall–Kier alpha value is -4.00. The van der Waals surface area contributed by atoms with Gasteiger partial charge in [-0.3, -0.25) is 0 Å². The summed E-state index contributed by atoms with van der Waals surface area (Å²) in [5.41, 5.74) is 4.89. The van der Waals surface area contributed by atoms with E-state index in [0.717, 1.165) is 18.4 Å². The molecule has 0 spiro atoms. The second-order valence-electron chi connectivity index (χ2n) is 8.57. The van der Waals surface area contributed by atoms with E-state index in [-0.39, 0.29) is 11.0 Å². The summed E-state index contributed by atoms with van der Waals surface area (Å²) in [6.07, 6.45) is 3.33. The van der Waals surface area contributed by atoms with Gasteiger partial charge in [-0.2, -0.15) is 10.2 Å². The highest BCUT2D eigenvalue weighted by Crippen LogP contribution is 2.33. The maximum Gasteiger partial charge on any atom is 0.258 e.